The van der Waals surface area contributed by atoms with Gasteiger partial charge in [0.05, 0.1) is 17.6 Å². The fourth-order valence-corrected chi connectivity index (χ4v) is 6.86. The zero-order valence-electron chi connectivity index (χ0n) is 22.2. The molecule has 0 aliphatic carbocycles. The summed E-state index contributed by atoms with van der Waals surface area (Å²) in [7, 11) is -1.65. The van der Waals surface area contributed by atoms with E-state index in [0.29, 0.717) is 30.3 Å². The van der Waals surface area contributed by atoms with Gasteiger partial charge >= 0.3 is 0 Å². The van der Waals surface area contributed by atoms with Crippen LogP contribution in [0, 0.1) is 0 Å². The molecule has 39 heavy (non-hydrogen) atoms. The van der Waals surface area contributed by atoms with Gasteiger partial charge in [-0.2, -0.15) is 0 Å². The van der Waals surface area contributed by atoms with Crippen molar-refractivity contribution < 1.29 is 8.42 Å². The molecule has 0 radical (unpaired) electrons. The number of aromatic nitrogens is 2. The lowest BCUT2D eigenvalue weighted by Crippen LogP contribution is -2.44. The fraction of sp³-hybridized carbons (Fsp3) is 0.267. The summed E-state index contributed by atoms with van der Waals surface area (Å²) in [5, 5.41) is 3.27. The number of likely N-dealkylation sites (N-methyl/N-ethyl adjacent to an activating group) is 1. The Morgan fingerprint density at radius 1 is 0.897 bits per heavy atom. The van der Waals surface area contributed by atoms with Crippen LogP contribution in [0.2, 0.25) is 0 Å². The summed E-state index contributed by atoms with van der Waals surface area (Å²) >= 11 is 0. The van der Waals surface area contributed by atoms with Crippen LogP contribution in [0.4, 0.5) is 23.0 Å². The number of nitrogens with zero attached hydrogens (tertiary/aromatic N) is 5. The molecule has 0 bridgehead atoms. The molecule has 0 saturated carbocycles. The third-order valence-corrected chi connectivity index (χ3v) is 9.18. The maximum atomic E-state index is 13.7. The molecule has 3 aromatic carbocycles. The van der Waals surface area contributed by atoms with Crippen LogP contribution in [-0.2, 0) is 10.0 Å². The van der Waals surface area contributed by atoms with E-state index in [1.165, 1.54) is 16.2 Å². The van der Waals surface area contributed by atoms with E-state index in [4.69, 9.17) is 4.98 Å². The summed E-state index contributed by atoms with van der Waals surface area (Å²) in [4.78, 5) is 14.0. The first-order chi connectivity index (χ1) is 18.9. The number of piperazine rings is 1. The molecule has 1 N–H and O–H groups in total. The van der Waals surface area contributed by atoms with E-state index in [1.54, 1.807) is 0 Å². The average Bonchev–Trinajstić information content (AvgIpc) is 2.96. The van der Waals surface area contributed by atoms with E-state index in [9.17, 15) is 8.42 Å². The molecule has 8 nitrogen and oxygen atoms in total. The monoisotopic (exact) mass is 540 g/mol. The van der Waals surface area contributed by atoms with Crippen molar-refractivity contribution in [2.75, 3.05) is 54.3 Å². The molecule has 200 valence electrons. The molecule has 9 heteroatoms. The number of hydrogen-bond acceptors (Lipinski definition) is 7. The molecule has 0 spiro atoms. The van der Waals surface area contributed by atoms with Crippen molar-refractivity contribution in [2.24, 2.45) is 0 Å². The molecule has 2 aliphatic heterocycles. The zero-order chi connectivity index (χ0) is 27.0. The molecular formula is C30H32N6O2S. The van der Waals surface area contributed by atoms with E-state index >= 15 is 0 Å². The van der Waals surface area contributed by atoms with Gasteiger partial charge in [-0.1, -0.05) is 49.4 Å². The first-order valence-electron chi connectivity index (χ1n) is 13.3. The summed E-state index contributed by atoms with van der Waals surface area (Å²) in [5.74, 6) is 0.360. The summed E-state index contributed by atoms with van der Waals surface area (Å²) in [6.45, 7) is 6.47. The van der Waals surface area contributed by atoms with Crippen molar-refractivity contribution in [3.8, 4) is 22.4 Å². The molecular weight excluding hydrogens is 508 g/mol. The van der Waals surface area contributed by atoms with Crippen LogP contribution in [-0.4, -0.2) is 63.1 Å². The molecule has 1 saturated heterocycles. The molecule has 0 unspecified atom stereocenters. The number of hydrogen-bond donors (Lipinski definition) is 1. The Bertz CT molecular complexity index is 1580. The Morgan fingerprint density at radius 2 is 1.64 bits per heavy atom. The van der Waals surface area contributed by atoms with Crippen LogP contribution >= 0.6 is 0 Å². The smallest absolute Gasteiger partial charge is 0.268 e. The van der Waals surface area contributed by atoms with Gasteiger partial charge in [0.2, 0.25) is 5.95 Å². The average molecular weight is 541 g/mol. The normalized spacial score (nSPS) is 16.5. The van der Waals surface area contributed by atoms with Gasteiger partial charge in [0.1, 0.15) is 4.90 Å². The van der Waals surface area contributed by atoms with E-state index < -0.39 is 10.0 Å². The van der Waals surface area contributed by atoms with Gasteiger partial charge in [-0.3, -0.25) is 4.31 Å². The zero-order valence-corrected chi connectivity index (χ0v) is 23.0. The minimum Gasteiger partial charge on any atom is -0.369 e. The predicted octanol–water partition coefficient (Wildman–Crippen LogP) is 5.22. The largest absolute Gasteiger partial charge is 0.369 e. The SMILES string of the molecule is CCCN1c2cc(-c3ccccc3)ccc2-c2nc(Nc3ccc(N4CCN(C)CC4)cc3)ncc2S1(=O)=O. The number of nitrogens with one attached hydrogen (secondary N) is 1. The summed E-state index contributed by atoms with van der Waals surface area (Å²) in [6, 6.07) is 24.1. The minimum atomic E-state index is -3.80. The van der Waals surface area contributed by atoms with Crippen LogP contribution in [0.5, 0.6) is 0 Å². The van der Waals surface area contributed by atoms with E-state index in [2.05, 4.69) is 39.3 Å². The van der Waals surface area contributed by atoms with Crippen LogP contribution in [0.3, 0.4) is 0 Å². The maximum absolute atomic E-state index is 13.7. The number of sulfonamides is 1. The van der Waals surface area contributed by atoms with Crippen molar-refractivity contribution in [3.63, 3.8) is 0 Å². The van der Waals surface area contributed by atoms with Gasteiger partial charge in [0.15, 0.2) is 0 Å². The Kier molecular flexibility index (Phi) is 6.70. The van der Waals surface area contributed by atoms with Crippen molar-refractivity contribution in [1.82, 2.24) is 14.9 Å². The molecule has 1 fully saturated rings. The van der Waals surface area contributed by atoms with E-state index in [1.807, 2.05) is 67.6 Å². The first kappa shape index (κ1) is 25.3. The Balaban J connectivity index is 1.33. The Labute approximate surface area is 230 Å². The lowest BCUT2D eigenvalue weighted by atomic mass is 10.0. The third kappa shape index (κ3) is 4.84. The predicted molar refractivity (Wildman–Crippen MR) is 157 cm³/mol. The lowest BCUT2D eigenvalue weighted by molar-refractivity contribution is 0.313. The van der Waals surface area contributed by atoms with Gasteiger partial charge in [-0.05, 0) is 54.9 Å². The Hall–Kier alpha value is -3.95. The molecule has 1 aromatic heterocycles. The quantitative estimate of drug-likeness (QED) is 0.359. The van der Waals surface area contributed by atoms with Gasteiger partial charge in [0, 0.05) is 49.7 Å². The van der Waals surface area contributed by atoms with Gasteiger partial charge < -0.3 is 15.1 Å². The van der Waals surface area contributed by atoms with Crippen LogP contribution < -0.4 is 14.5 Å². The molecule has 3 heterocycles. The number of benzene rings is 3. The summed E-state index contributed by atoms with van der Waals surface area (Å²) < 4.78 is 28.9. The second kappa shape index (κ2) is 10.3. The molecule has 4 aromatic rings. The second-order valence-electron chi connectivity index (χ2n) is 10.0. The maximum Gasteiger partial charge on any atom is 0.268 e. The van der Waals surface area contributed by atoms with Crippen LogP contribution in [0.15, 0.2) is 83.9 Å². The third-order valence-electron chi connectivity index (χ3n) is 7.37. The number of rotatable bonds is 6. The summed E-state index contributed by atoms with van der Waals surface area (Å²) in [5.41, 5.74) is 5.87. The highest BCUT2D eigenvalue weighted by atomic mass is 32.2. The number of fused-ring (bicyclic) bond motifs is 3. The van der Waals surface area contributed by atoms with Crippen molar-refractivity contribution in [1.29, 1.82) is 0 Å². The minimum absolute atomic E-state index is 0.131. The molecule has 2 aliphatic rings. The molecule has 0 amide bonds. The lowest BCUT2D eigenvalue weighted by Gasteiger charge is -2.34. The van der Waals surface area contributed by atoms with Crippen molar-refractivity contribution in [3.05, 3.63) is 79.0 Å². The second-order valence-corrected chi connectivity index (χ2v) is 11.9. The van der Waals surface area contributed by atoms with Crippen LogP contribution in [0.1, 0.15) is 13.3 Å². The van der Waals surface area contributed by atoms with Crippen molar-refractivity contribution >= 4 is 33.0 Å². The molecule has 0 atom stereocenters. The number of anilines is 4. The first-order valence-corrected chi connectivity index (χ1v) is 14.8. The molecule has 6 rings (SSSR count). The van der Waals surface area contributed by atoms with Gasteiger partial charge in [-0.25, -0.2) is 18.4 Å². The van der Waals surface area contributed by atoms with E-state index in [0.717, 1.165) is 48.6 Å². The summed E-state index contributed by atoms with van der Waals surface area (Å²) in [6.07, 6.45) is 2.11. The van der Waals surface area contributed by atoms with Crippen molar-refractivity contribution in [2.45, 2.75) is 18.2 Å². The highest BCUT2D eigenvalue weighted by Gasteiger charge is 2.36. The van der Waals surface area contributed by atoms with Gasteiger partial charge in [-0.15, -0.1) is 0 Å². The topological polar surface area (TPSA) is 81.7 Å². The standard InChI is InChI=1S/C30H32N6O2S/c1-3-15-36-27-20-23(22-7-5-4-6-8-22)9-14-26(27)29-28(39(36,37)38)21-31-30(33-29)32-24-10-12-25(13-11-24)35-18-16-34(2)17-19-35/h4-14,20-21H,3,15-19H2,1-2H3,(H,31,32,33). The van der Waals surface area contributed by atoms with E-state index in [-0.39, 0.29) is 4.90 Å². The highest BCUT2D eigenvalue weighted by molar-refractivity contribution is 7.93. The van der Waals surface area contributed by atoms with Crippen LogP contribution in [0.25, 0.3) is 22.4 Å². The highest BCUT2D eigenvalue weighted by Crippen LogP contribution is 2.44. The van der Waals surface area contributed by atoms with Gasteiger partial charge in [0.25, 0.3) is 10.0 Å². The fourth-order valence-electron chi connectivity index (χ4n) is 5.20. The Morgan fingerprint density at radius 3 is 2.36 bits per heavy atom.